The van der Waals surface area contributed by atoms with Gasteiger partial charge in [-0.1, -0.05) is 6.07 Å². The third-order valence-corrected chi connectivity index (χ3v) is 2.59. The van der Waals surface area contributed by atoms with E-state index in [2.05, 4.69) is 5.32 Å². The van der Waals surface area contributed by atoms with Crippen LogP contribution >= 0.6 is 0 Å². The second-order valence-electron chi connectivity index (χ2n) is 4.01. The smallest absolute Gasteiger partial charge is 0.246 e. The molecule has 1 aliphatic heterocycles. The number of rotatable bonds is 7. The highest BCUT2D eigenvalue weighted by molar-refractivity contribution is 5.77. The topological polar surface area (TPSA) is 66.0 Å². The number of carbonyl (C=O) groups is 1. The van der Waals surface area contributed by atoms with Crippen molar-refractivity contribution in [3.63, 3.8) is 0 Å². The number of ether oxygens (including phenoxy) is 4. The molecule has 0 aliphatic carbocycles. The fraction of sp³-hybridized carbons (Fsp3) is 0.462. The lowest BCUT2D eigenvalue weighted by Crippen LogP contribution is -2.27. The van der Waals surface area contributed by atoms with Gasteiger partial charge in [0.2, 0.25) is 12.7 Å². The van der Waals surface area contributed by atoms with Crippen molar-refractivity contribution in [3.8, 4) is 11.5 Å². The Labute approximate surface area is 111 Å². The lowest BCUT2D eigenvalue weighted by Gasteiger charge is -2.07. The first-order valence-corrected chi connectivity index (χ1v) is 6.01. The van der Waals surface area contributed by atoms with E-state index in [1.807, 2.05) is 18.2 Å². The molecule has 0 radical (unpaired) electrons. The number of carbonyl (C=O) groups excluding carboxylic acids is 1. The summed E-state index contributed by atoms with van der Waals surface area (Å²) in [6, 6.07) is 5.58. The molecular formula is C13H17NO5. The standard InChI is InChI=1S/C13H17NO5/c1-16-4-5-17-8-13(15)14-7-10-2-3-11-12(6-10)19-9-18-11/h2-3,6H,4-5,7-9H2,1H3,(H,14,15). The lowest BCUT2D eigenvalue weighted by molar-refractivity contribution is -0.126. The fourth-order valence-corrected chi connectivity index (χ4v) is 1.61. The van der Waals surface area contributed by atoms with Gasteiger partial charge in [-0.3, -0.25) is 4.79 Å². The van der Waals surface area contributed by atoms with Crippen LogP contribution in [0.1, 0.15) is 5.56 Å². The summed E-state index contributed by atoms with van der Waals surface area (Å²) >= 11 is 0. The Hall–Kier alpha value is -1.79. The first-order chi connectivity index (χ1) is 9.29. The molecule has 1 aliphatic rings. The maximum atomic E-state index is 11.5. The minimum atomic E-state index is -0.159. The largest absolute Gasteiger partial charge is 0.454 e. The third kappa shape index (κ3) is 4.11. The number of benzene rings is 1. The summed E-state index contributed by atoms with van der Waals surface area (Å²) in [7, 11) is 1.59. The maximum Gasteiger partial charge on any atom is 0.246 e. The molecule has 0 fully saturated rings. The van der Waals surface area contributed by atoms with Crippen LogP contribution in [0.2, 0.25) is 0 Å². The SMILES string of the molecule is COCCOCC(=O)NCc1ccc2c(c1)OCO2. The van der Waals surface area contributed by atoms with Gasteiger partial charge in [-0.15, -0.1) is 0 Å². The molecule has 0 bridgehead atoms. The van der Waals surface area contributed by atoms with Crippen LogP contribution in [-0.4, -0.2) is 39.6 Å². The Morgan fingerprint density at radius 1 is 1.32 bits per heavy atom. The Morgan fingerprint density at radius 3 is 3.00 bits per heavy atom. The summed E-state index contributed by atoms with van der Waals surface area (Å²) in [5, 5.41) is 2.77. The van der Waals surface area contributed by atoms with Crippen LogP contribution in [0.3, 0.4) is 0 Å². The van der Waals surface area contributed by atoms with Gasteiger partial charge in [0.25, 0.3) is 0 Å². The van der Waals surface area contributed by atoms with E-state index in [1.54, 1.807) is 7.11 Å². The van der Waals surface area contributed by atoms with E-state index < -0.39 is 0 Å². The van der Waals surface area contributed by atoms with Crippen molar-refractivity contribution in [2.45, 2.75) is 6.54 Å². The molecule has 19 heavy (non-hydrogen) atoms. The molecule has 1 N–H and O–H groups in total. The zero-order valence-corrected chi connectivity index (χ0v) is 10.8. The molecule has 2 rings (SSSR count). The van der Waals surface area contributed by atoms with E-state index in [0.717, 1.165) is 11.3 Å². The van der Waals surface area contributed by atoms with Gasteiger partial charge in [-0.25, -0.2) is 0 Å². The molecule has 1 aromatic carbocycles. The zero-order chi connectivity index (χ0) is 13.5. The monoisotopic (exact) mass is 267 g/mol. The maximum absolute atomic E-state index is 11.5. The molecule has 0 saturated heterocycles. The second kappa shape index (κ2) is 6.96. The molecule has 1 aromatic rings. The van der Waals surface area contributed by atoms with E-state index in [0.29, 0.717) is 25.5 Å². The van der Waals surface area contributed by atoms with Crippen LogP contribution < -0.4 is 14.8 Å². The Balaban J connectivity index is 1.71. The molecular weight excluding hydrogens is 250 g/mol. The van der Waals surface area contributed by atoms with Gasteiger partial charge in [0.05, 0.1) is 13.2 Å². The molecule has 0 atom stereocenters. The summed E-state index contributed by atoms with van der Waals surface area (Å²) in [5.74, 6) is 1.29. The van der Waals surface area contributed by atoms with Gasteiger partial charge in [0.15, 0.2) is 11.5 Å². The average Bonchev–Trinajstić information content (AvgIpc) is 2.89. The summed E-state index contributed by atoms with van der Waals surface area (Å²) in [6.45, 7) is 1.61. The van der Waals surface area contributed by atoms with Crippen molar-refractivity contribution in [1.82, 2.24) is 5.32 Å². The summed E-state index contributed by atoms with van der Waals surface area (Å²) in [6.07, 6.45) is 0. The van der Waals surface area contributed by atoms with Crippen molar-refractivity contribution >= 4 is 5.91 Å². The Bertz CT molecular complexity index is 435. The van der Waals surface area contributed by atoms with Gasteiger partial charge in [-0.2, -0.15) is 0 Å². The van der Waals surface area contributed by atoms with E-state index in [1.165, 1.54) is 0 Å². The van der Waals surface area contributed by atoms with Gasteiger partial charge >= 0.3 is 0 Å². The van der Waals surface area contributed by atoms with E-state index in [-0.39, 0.29) is 19.3 Å². The second-order valence-corrected chi connectivity index (χ2v) is 4.01. The van der Waals surface area contributed by atoms with Gasteiger partial charge < -0.3 is 24.3 Å². The summed E-state index contributed by atoms with van der Waals surface area (Å²) in [4.78, 5) is 11.5. The molecule has 0 spiro atoms. The number of amides is 1. The van der Waals surface area contributed by atoms with Crippen molar-refractivity contribution in [2.75, 3.05) is 33.7 Å². The highest BCUT2D eigenvalue weighted by Gasteiger charge is 2.13. The van der Waals surface area contributed by atoms with Crippen molar-refractivity contribution in [3.05, 3.63) is 23.8 Å². The molecule has 6 nitrogen and oxygen atoms in total. The highest BCUT2D eigenvalue weighted by atomic mass is 16.7. The number of fused-ring (bicyclic) bond motifs is 1. The average molecular weight is 267 g/mol. The molecule has 1 heterocycles. The molecule has 1 amide bonds. The van der Waals surface area contributed by atoms with Gasteiger partial charge in [0.1, 0.15) is 6.61 Å². The lowest BCUT2D eigenvalue weighted by atomic mass is 10.2. The van der Waals surface area contributed by atoms with Crippen LogP contribution in [0.15, 0.2) is 18.2 Å². The van der Waals surface area contributed by atoms with Crippen LogP contribution in [0, 0.1) is 0 Å². The van der Waals surface area contributed by atoms with Crippen LogP contribution in [0.25, 0.3) is 0 Å². The fourth-order valence-electron chi connectivity index (χ4n) is 1.61. The number of hydrogen-bond acceptors (Lipinski definition) is 5. The van der Waals surface area contributed by atoms with Crippen molar-refractivity contribution in [2.24, 2.45) is 0 Å². The molecule has 0 aromatic heterocycles. The van der Waals surface area contributed by atoms with Gasteiger partial charge in [-0.05, 0) is 17.7 Å². The highest BCUT2D eigenvalue weighted by Crippen LogP contribution is 2.32. The van der Waals surface area contributed by atoms with E-state index in [4.69, 9.17) is 18.9 Å². The molecule has 0 unspecified atom stereocenters. The zero-order valence-electron chi connectivity index (χ0n) is 10.8. The van der Waals surface area contributed by atoms with Crippen molar-refractivity contribution < 1.29 is 23.7 Å². The molecule has 6 heteroatoms. The molecule has 104 valence electrons. The first kappa shape index (κ1) is 13.6. The van der Waals surface area contributed by atoms with Crippen molar-refractivity contribution in [1.29, 1.82) is 0 Å². The number of nitrogens with one attached hydrogen (secondary N) is 1. The Morgan fingerprint density at radius 2 is 2.16 bits per heavy atom. The van der Waals surface area contributed by atoms with Crippen LogP contribution in [0.5, 0.6) is 11.5 Å². The normalized spacial score (nSPS) is 12.5. The van der Waals surface area contributed by atoms with E-state index in [9.17, 15) is 4.79 Å². The van der Waals surface area contributed by atoms with E-state index >= 15 is 0 Å². The Kier molecular flexibility index (Phi) is 5.00. The minimum Gasteiger partial charge on any atom is -0.454 e. The number of methoxy groups -OCH3 is 1. The summed E-state index contributed by atoms with van der Waals surface area (Å²) in [5.41, 5.74) is 0.953. The first-order valence-electron chi connectivity index (χ1n) is 6.01. The predicted octanol–water partition coefficient (Wildman–Crippen LogP) is 0.694. The van der Waals surface area contributed by atoms with Gasteiger partial charge in [0, 0.05) is 13.7 Å². The molecule has 0 saturated carbocycles. The van der Waals surface area contributed by atoms with Crippen LogP contribution in [-0.2, 0) is 20.8 Å². The van der Waals surface area contributed by atoms with Crippen LogP contribution in [0.4, 0.5) is 0 Å². The predicted molar refractivity (Wildman–Crippen MR) is 67.1 cm³/mol. The number of hydrogen-bond donors (Lipinski definition) is 1. The quantitative estimate of drug-likeness (QED) is 0.736. The minimum absolute atomic E-state index is 0.0356. The summed E-state index contributed by atoms with van der Waals surface area (Å²) < 4.78 is 20.4. The third-order valence-electron chi connectivity index (χ3n) is 2.59.